The van der Waals surface area contributed by atoms with Gasteiger partial charge in [0.2, 0.25) is 5.91 Å². The van der Waals surface area contributed by atoms with E-state index in [1.807, 2.05) is 23.4 Å². The van der Waals surface area contributed by atoms with Crippen LogP contribution in [0.2, 0.25) is 0 Å². The van der Waals surface area contributed by atoms with E-state index in [9.17, 15) is 4.79 Å². The van der Waals surface area contributed by atoms with Gasteiger partial charge in [0.15, 0.2) is 0 Å². The third-order valence-corrected chi connectivity index (χ3v) is 7.59. The van der Waals surface area contributed by atoms with E-state index in [0.29, 0.717) is 13.1 Å². The fourth-order valence-corrected chi connectivity index (χ4v) is 5.85. The first-order valence-electron chi connectivity index (χ1n) is 12.5. The number of nitrogens with one attached hydrogen (secondary N) is 1. The summed E-state index contributed by atoms with van der Waals surface area (Å²) in [5, 5.41) is 3.35. The molecule has 1 atom stereocenters. The molecule has 3 heterocycles. The molecule has 3 aliphatic rings. The maximum absolute atomic E-state index is 13.4. The van der Waals surface area contributed by atoms with Crippen LogP contribution in [0.25, 0.3) is 11.1 Å². The van der Waals surface area contributed by atoms with Gasteiger partial charge in [-0.2, -0.15) is 0 Å². The van der Waals surface area contributed by atoms with Gasteiger partial charge >= 0.3 is 0 Å². The highest BCUT2D eigenvalue weighted by Crippen LogP contribution is 2.39. The number of hydrogen-bond acceptors (Lipinski definition) is 5. The van der Waals surface area contributed by atoms with Crippen molar-refractivity contribution in [2.45, 2.75) is 38.3 Å². The Labute approximate surface area is 201 Å². The number of benzene rings is 1. The van der Waals surface area contributed by atoms with Crippen molar-refractivity contribution in [2.24, 2.45) is 0 Å². The zero-order chi connectivity index (χ0) is 22.9. The van der Waals surface area contributed by atoms with Gasteiger partial charge < -0.3 is 10.2 Å². The van der Waals surface area contributed by atoms with Gasteiger partial charge in [-0.3, -0.25) is 19.7 Å². The zero-order valence-corrected chi connectivity index (χ0v) is 19.5. The number of piperazine rings is 1. The highest BCUT2D eigenvalue weighted by molar-refractivity contribution is 5.79. The second kappa shape index (κ2) is 9.28. The van der Waals surface area contributed by atoms with Crippen LogP contribution in [-0.4, -0.2) is 58.4 Å². The monoisotopic (exact) mass is 453 g/mol. The second-order valence-corrected chi connectivity index (χ2v) is 9.61. The van der Waals surface area contributed by atoms with Gasteiger partial charge in [0.25, 0.3) is 0 Å². The molecule has 174 valence electrons. The number of rotatable bonds is 5. The Morgan fingerprint density at radius 2 is 1.85 bits per heavy atom. The van der Waals surface area contributed by atoms with Crippen LogP contribution in [0.5, 0.6) is 0 Å². The van der Waals surface area contributed by atoms with Crippen molar-refractivity contribution in [1.29, 1.82) is 0 Å². The summed E-state index contributed by atoms with van der Waals surface area (Å²) in [6, 6.07) is 15.1. The minimum absolute atomic E-state index is 0.137. The van der Waals surface area contributed by atoms with Crippen LogP contribution in [0, 0.1) is 0 Å². The molecular formula is C28H31N5O. The average Bonchev–Trinajstić information content (AvgIpc) is 3.28. The molecular weight excluding hydrogens is 422 g/mol. The van der Waals surface area contributed by atoms with Gasteiger partial charge in [-0.05, 0) is 59.2 Å². The van der Waals surface area contributed by atoms with Crippen molar-refractivity contribution in [3.05, 3.63) is 82.9 Å². The molecule has 1 saturated heterocycles. The number of carbonyl (C=O) groups is 1. The van der Waals surface area contributed by atoms with E-state index in [1.165, 1.54) is 27.8 Å². The van der Waals surface area contributed by atoms with Crippen LogP contribution in [0.4, 0.5) is 0 Å². The lowest BCUT2D eigenvalue weighted by Gasteiger charge is -2.36. The lowest BCUT2D eigenvalue weighted by Crippen LogP contribution is -2.50. The molecule has 6 rings (SSSR count). The summed E-state index contributed by atoms with van der Waals surface area (Å²) in [6.07, 6.45) is 7.94. The third kappa shape index (κ3) is 4.01. The molecule has 0 radical (unpaired) electrons. The minimum Gasteiger partial charge on any atom is -0.339 e. The minimum atomic E-state index is 0.137. The SMILES string of the molecule is O=C(CN(Cc1nccc2c1Cc1ccccc1-2)[C@H]1CCCc2cccnc21)N1CCNCC1. The van der Waals surface area contributed by atoms with Crippen molar-refractivity contribution < 1.29 is 4.79 Å². The standard InChI is InChI=1S/C28H31N5O/c34-27(32-15-13-29-14-16-32)19-33(26-9-3-6-20-7-4-11-31-28(20)26)18-25-24-17-21-5-1-2-8-22(21)23(24)10-12-30-25/h1-2,4-5,7-8,10-12,26,29H,3,6,9,13-19H2/t26-/m0/s1. The zero-order valence-electron chi connectivity index (χ0n) is 19.5. The molecule has 34 heavy (non-hydrogen) atoms. The van der Waals surface area contributed by atoms with Gasteiger partial charge in [0.05, 0.1) is 24.0 Å². The van der Waals surface area contributed by atoms with Crippen LogP contribution in [0.3, 0.4) is 0 Å². The normalized spacial score (nSPS) is 19.0. The van der Waals surface area contributed by atoms with E-state index in [-0.39, 0.29) is 11.9 Å². The van der Waals surface area contributed by atoms with Crippen molar-refractivity contribution in [3.63, 3.8) is 0 Å². The van der Waals surface area contributed by atoms with E-state index in [2.05, 4.69) is 46.6 Å². The summed E-state index contributed by atoms with van der Waals surface area (Å²) in [7, 11) is 0. The molecule has 1 aromatic carbocycles. The van der Waals surface area contributed by atoms with Gasteiger partial charge in [-0.25, -0.2) is 0 Å². The molecule has 0 saturated carbocycles. The number of carbonyl (C=O) groups excluding carboxylic acids is 1. The van der Waals surface area contributed by atoms with Gasteiger partial charge in [-0.1, -0.05) is 30.3 Å². The largest absolute Gasteiger partial charge is 0.339 e. The highest BCUT2D eigenvalue weighted by Gasteiger charge is 2.32. The Morgan fingerprint density at radius 1 is 1.00 bits per heavy atom. The number of aryl methyl sites for hydroxylation is 1. The molecule has 6 nitrogen and oxygen atoms in total. The fraction of sp³-hybridized carbons (Fsp3) is 0.393. The van der Waals surface area contributed by atoms with Crippen molar-refractivity contribution >= 4 is 5.91 Å². The predicted molar refractivity (Wildman–Crippen MR) is 132 cm³/mol. The van der Waals surface area contributed by atoms with E-state index >= 15 is 0 Å². The van der Waals surface area contributed by atoms with Crippen LogP contribution in [0.15, 0.2) is 54.9 Å². The summed E-state index contributed by atoms with van der Waals surface area (Å²) >= 11 is 0. The van der Waals surface area contributed by atoms with Crippen molar-refractivity contribution in [3.8, 4) is 11.1 Å². The first-order chi connectivity index (χ1) is 16.8. The van der Waals surface area contributed by atoms with Gasteiger partial charge in [0, 0.05) is 51.5 Å². The molecule has 1 fully saturated rings. The lowest BCUT2D eigenvalue weighted by molar-refractivity contribution is -0.134. The fourth-order valence-electron chi connectivity index (χ4n) is 5.85. The van der Waals surface area contributed by atoms with Crippen molar-refractivity contribution in [1.82, 2.24) is 25.1 Å². The van der Waals surface area contributed by atoms with Crippen molar-refractivity contribution in [2.75, 3.05) is 32.7 Å². The average molecular weight is 454 g/mol. The summed E-state index contributed by atoms with van der Waals surface area (Å²) in [5.74, 6) is 0.209. The smallest absolute Gasteiger partial charge is 0.236 e. The van der Waals surface area contributed by atoms with Gasteiger partial charge in [-0.15, -0.1) is 0 Å². The molecule has 1 amide bonds. The first-order valence-corrected chi connectivity index (χ1v) is 12.5. The number of hydrogen-bond donors (Lipinski definition) is 1. The van der Waals surface area contributed by atoms with Crippen LogP contribution in [0.1, 0.15) is 47.0 Å². The van der Waals surface area contributed by atoms with E-state index in [0.717, 1.165) is 63.3 Å². The second-order valence-electron chi connectivity index (χ2n) is 9.61. The molecule has 1 aliphatic heterocycles. The Kier molecular flexibility index (Phi) is 5.85. The molecule has 0 bridgehead atoms. The molecule has 3 aromatic rings. The van der Waals surface area contributed by atoms with Crippen LogP contribution in [-0.2, 0) is 24.2 Å². The summed E-state index contributed by atoms with van der Waals surface area (Å²) in [4.78, 5) is 27.4. The topological polar surface area (TPSA) is 61.4 Å². The summed E-state index contributed by atoms with van der Waals surface area (Å²) in [5.41, 5.74) is 8.81. The number of fused-ring (bicyclic) bond motifs is 4. The quantitative estimate of drug-likeness (QED) is 0.502. The Bertz CT molecular complexity index is 1200. The number of aromatic nitrogens is 2. The maximum Gasteiger partial charge on any atom is 0.236 e. The molecule has 2 aliphatic carbocycles. The third-order valence-electron chi connectivity index (χ3n) is 7.59. The Balaban J connectivity index is 1.33. The highest BCUT2D eigenvalue weighted by atomic mass is 16.2. The van der Waals surface area contributed by atoms with E-state index < -0.39 is 0 Å². The molecule has 1 N–H and O–H groups in total. The number of nitrogens with zero attached hydrogens (tertiary/aromatic N) is 4. The molecule has 0 spiro atoms. The summed E-state index contributed by atoms with van der Waals surface area (Å²) in [6.45, 7) is 4.35. The number of amides is 1. The molecule has 6 heteroatoms. The van der Waals surface area contributed by atoms with E-state index in [4.69, 9.17) is 9.97 Å². The number of pyridine rings is 2. The lowest BCUT2D eigenvalue weighted by atomic mass is 9.90. The Hall–Kier alpha value is -3.09. The predicted octanol–water partition coefficient (Wildman–Crippen LogP) is 3.36. The maximum atomic E-state index is 13.4. The van der Waals surface area contributed by atoms with Gasteiger partial charge in [0.1, 0.15) is 0 Å². The van der Waals surface area contributed by atoms with Crippen LogP contribution < -0.4 is 5.32 Å². The van der Waals surface area contributed by atoms with E-state index in [1.54, 1.807) is 0 Å². The summed E-state index contributed by atoms with van der Waals surface area (Å²) < 4.78 is 0. The molecule has 2 aromatic heterocycles. The Morgan fingerprint density at radius 3 is 2.76 bits per heavy atom. The van der Waals surface area contributed by atoms with Crippen LogP contribution >= 0.6 is 0 Å². The molecule has 0 unspecified atom stereocenters. The first kappa shape index (κ1) is 21.4.